The van der Waals surface area contributed by atoms with Crippen molar-refractivity contribution in [2.45, 2.75) is 31.2 Å². The number of carbonyl (C=O) groups is 3. The van der Waals surface area contributed by atoms with Gasteiger partial charge in [-0.2, -0.15) is 0 Å². The Morgan fingerprint density at radius 3 is 2.50 bits per heavy atom. The van der Waals surface area contributed by atoms with Gasteiger partial charge in [0, 0.05) is 34.6 Å². The molecule has 1 aromatic heterocycles. The first-order valence-corrected chi connectivity index (χ1v) is 11.0. The minimum atomic E-state index is -0.982. The summed E-state index contributed by atoms with van der Waals surface area (Å²) >= 11 is 7.47. The molecule has 2 aromatic carbocycles. The molecule has 32 heavy (non-hydrogen) atoms. The van der Waals surface area contributed by atoms with E-state index in [4.69, 9.17) is 16.7 Å². The zero-order valence-corrected chi connectivity index (χ0v) is 19.3. The van der Waals surface area contributed by atoms with Crippen LogP contribution in [0, 0.1) is 6.92 Å². The second-order valence-corrected chi connectivity index (χ2v) is 8.63. The summed E-state index contributed by atoms with van der Waals surface area (Å²) in [5.41, 5.74) is 2.91. The fourth-order valence-corrected chi connectivity index (χ4v) is 3.93. The highest BCUT2D eigenvalue weighted by atomic mass is 35.5. The molecule has 3 rings (SSSR count). The molecule has 4 N–H and O–H groups in total. The SMILES string of the molecule is Cc1ccc2c(cc(C(=O)Nc3ccc(SNC(=O)NC(C)CC(=O)O)cc3)n2C)c1Cl. The molecule has 1 atom stereocenters. The lowest BCUT2D eigenvalue weighted by atomic mass is 10.2. The highest BCUT2D eigenvalue weighted by Crippen LogP contribution is 2.29. The number of aliphatic carboxylic acids is 1. The van der Waals surface area contributed by atoms with Crippen LogP contribution >= 0.6 is 23.5 Å². The first kappa shape index (κ1) is 23.5. The number of halogens is 1. The quantitative estimate of drug-likeness (QED) is 0.375. The van der Waals surface area contributed by atoms with Gasteiger partial charge in [-0.05, 0) is 67.8 Å². The predicted octanol–water partition coefficient (Wildman–Crippen LogP) is 4.56. The largest absolute Gasteiger partial charge is 0.481 e. The molecule has 10 heteroatoms. The standard InChI is InChI=1S/C22H23ClN4O4S/c1-12-4-9-17-16(20(12)23)11-18(27(17)3)21(30)25-14-5-7-15(8-6-14)32-26-22(31)24-13(2)10-19(28)29/h4-9,11,13H,10H2,1-3H3,(H,25,30)(H,28,29)(H2,24,26,31). The Morgan fingerprint density at radius 1 is 1.16 bits per heavy atom. The molecule has 0 spiro atoms. The summed E-state index contributed by atoms with van der Waals surface area (Å²) in [6.07, 6.45) is -0.158. The molecular weight excluding hydrogens is 452 g/mol. The van der Waals surface area contributed by atoms with E-state index < -0.39 is 18.0 Å². The Labute approximate surface area is 194 Å². The van der Waals surface area contributed by atoms with Crippen LogP contribution in [-0.2, 0) is 11.8 Å². The van der Waals surface area contributed by atoms with E-state index in [0.717, 1.165) is 33.3 Å². The van der Waals surface area contributed by atoms with Crippen LogP contribution in [0.5, 0.6) is 0 Å². The van der Waals surface area contributed by atoms with Crippen molar-refractivity contribution in [2.24, 2.45) is 7.05 Å². The molecule has 8 nitrogen and oxygen atoms in total. The Hall–Kier alpha value is -3.17. The maximum Gasteiger partial charge on any atom is 0.325 e. The molecule has 3 aromatic rings. The lowest BCUT2D eigenvalue weighted by Gasteiger charge is -2.12. The summed E-state index contributed by atoms with van der Waals surface area (Å²) in [5.74, 6) is -1.24. The number of amides is 3. The van der Waals surface area contributed by atoms with Crippen LogP contribution in [0.15, 0.2) is 47.4 Å². The second kappa shape index (κ2) is 9.97. The van der Waals surface area contributed by atoms with Gasteiger partial charge in [-0.1, -0.05) is 17.7 Å². The van der Waals surface area contributed by atoms with Crippen LogP contribution < -0.4 is 15.4 Å². The van der Waals surface area contributed by atoms with E-state index >= 15 is 0 Å². The van der Waals surface area contributed by atoms with Gasteiger partial charge in [-0.3, -0.25) is 14.3 Å². The van der Waals surface area contributed by atoms with Gasteiger partial charge in [0.25, 0.3) is 5.91 Å². The number of carboxylic acids is 1. The third kappa shape index (κ3) is 5.54. The first-order valence-electron chi connectivity index (χ1n) is 9.76. The van der Waals surface area contributed by atoms with Crippen molar-refractivity contribution >= 4 is 58.0 Å². The molecule has 0 saturated carbocycles. The van der Waals surface area contributed by atoms with Crippen molar-refractivity contribution in [3.8, 4) is 0 Å². The smallest absolute Gasteiger partial charge is 0.325 e. The third-order valence-electron chi connectivity index (χ3n) is 4.82. The molecule has 0 aliphatic heterocycles. The van der Waals surface area contributed by atoms with Gasteiger partial charge >= 0.3 is 12.0 Å². The number of benzene rings is 2. The van der Waals surface area contributed by atoms with Crippen LogP contribution in [0.3, 0.4) is 0 Å². The van der Waals surface area contributed by atoms with Gasteiger partial charge in [0.05, 0.1) is 11.4 Å². The lowest BCUT2D eigenvalue weighted by Crippen LogP contribution is -2.38. The first-order chi connectivity index (χ1) is 15.2. The molecule has 1 unspecified atom stereocenters. The minimum absolute atomic E-state index is 0.158. The summed E-state index contributed by atoms with van der Waals surface area (Å²) in [4.78, 5) is 36.0. The number of urea groups is 1. The van der Waals surface area contributed by atoms with Crippen LogP contribution in [-0.4, -0.2) is 33.6 Å². The van der Waals surface area contributed by atoms with Crippen molar-refractivity contribution in [1.29, 1.82) is 0 Å². The summed E-state index contributed by atoms with van der Waals surface area (Å²) < 4.78 is 4.39. The van der Waals surface area contributed by atoms with Crippen molar-refractivity contribution in [3.63, 3.8) is 0 Å². The average molecular weight is 475 g/mol. The number of rotatable bonds is 7. The van der Waals surface area contributed by atoms with Gasteiger partial charge < -0.3 is 20.3 Å². The molecule has 0 saturated heterocycles. The Morgan fingerprint density at radius 2 is 1.84 bits per heavy atom. The highest BCUT2D eigenvalue weighted by molar-refractivity contribution is 7.98. The minimum Gasteiger partial charge on any atom is -0.481 e. The fourth-order valence-electron chi connectivity index (χ4n) is 3.18. The summed E-state index contributed by atoms with van der Waals surface area (Å²) in [5, 5.41) is 15.6. The van der Waals surface area contributed by atoms with Crippen molar-refractivity contribution in [2.75, 3.05) is 5.32 Å². The normalized spacial score (nSPS) is 11.8. The van der Waals surface area contributed by atoms with E-state index in [0.29, 0.717) is 16.4 Å². The number of fused-ring (bicyclic) bond motifs is 1. The summed E-state index contributed by atoms with van der Waals surface area (Å²) in [6.45, 7) is 3.53. The number of carbonyl (C=O) groups excluding carboxylic acids is 2. The van der Waals surface area contributed by atoms with Crippen molar-refractivity contribution in [3.05, 3.63) is 58.7 Å². The van der Waals surface area contributed by atoms with Crippen LogP contribution in [0.4, 0.5) is 10.5 Å². The zero-order chi connectivity index (χ0) is 23.4. The summed E-state index contributed by atoms with van der Waals surface area (Å²) in [6, 6.07) is 11.6. The number of nitrogens with zero attached hydrogens (tertiary/aromatic N) is 1. The van der Waals surface area contributed by atoms with Crippen LogP contribution in [0.1, 0.15) is 29.4 Å². The number of carboxylic acid groups (broad SMARTS) is 1. The van der Waals surface area contributed by atoms with Crippen LogP contribution in [0.2, 0.25) is 5.02 Å². The number of hydrogen-bond donors (Lipinski definition) is 4. The van der Waals surface area contributed by atoms with E-state index in [9.17, 15) is 14.4 Å². The Bertz CT molecular complexity index is 1180. The molecule has 0 bridgehead atoms. The topological polar surface area (TPSA) is 112 Å². The monoisotopic (exact) mass is 474 g/mol. The molecular formula is C22H23ClN4O4S. The van der Waals surface area contributed by atoms with E-state index in [1.54, 1.807) is 41.8 Å². The molecule has 0 fully saturated rings. The molecule has 3 amide bonds. The van der Waals surface area contributed by atoms with E-state index in [2.05, 4.69) is 15.4 Å². The fraction of sp³-hybridized carbons (Fsp3) is 0.227. The van der Waals surface area contributed by atoms with Crippen molar-refractivity contribution < 1.29 is 19.5 Å². The van der Waals surface area contributed by atoms with E-state index in [1.807, 2.05) is 26.1 Å². The number of aromatic nitrogens is 1. The average Bonchev–Trinajstić information content (AvgIpc) is 3.07. The number of aryl methyl sites for hydroxylation is 2. The summed E-state index contributed by atoms with van der Waals surface area (Å²) in [7, 11) is 1.82. The molecule has 0 aliphatic carbocycles. The zero-order valence-electron chi connectivity index (χ0n) is 17.7. The van der Waals surface area contributed by atoms with Crippen molar-refractivity contribution in [1.82, 2.24) is 14.6 Å². The number of anilines is 1. The Balaban J connectivity index is 1.60. The van der Waals surface area contributed by atoms with Crippen LogP contribution in [0.25, 0.3) is 10.9 Å². The lowest BCUT2D eigenvalue weighted by molar-refractivity contribution is -0.137. The molecule has 0 radical (unpaired) electrons. The van der Waals surface area contributed by atoms with Gasteiger partial charge in [0.15, 0.2) is 0 Å². The number of nitrogens with one attached hydrogen (secondary N) is 3. The molecule has 0 aliphatic rings. The molecule has 168 valence electrons. The van der Waals surface area contributed by atoms with Gasteiger partial charge in [-0.25, -0.2) is 4.79 Å². The van der Waals surface area contributed by atoms with E-state index in [1.165, 1.54) is 0 Å². The maximum absolute atomic E-state index is 12.8. The third-order valence-corrected chi connectivity index (χ3v) is 6.12. The predicted molar refractivity (Wildman–Crippen MR) is 126 cm³/mol. The van der Waals surface area contributed by atoms with Gasteiger partial charge in [0.1, 0.15) is 5.69 Å². The van der Waals surface area contributed by atoms with Gasteiger partial charge in [-0.15, -0.1) is 0 Å². The second-order valence-electron chi connectivity index (χ2n) is 7.37. The van der Waals surface area contributed by atoms with E-state index in [-0.39, 0.29) is 12.3 Å². The highest BCUT2D eigenvalue weighted by Gasteiger charge is 2.16. The maximum atomic E-state index is 12.8. The number of hydrogen-bond acceptors (Lipinski definition) is 4. The molecule has 1 heterocycles. The van der Waals surface area contributed by atoms with Gasteiger partial charge in [0.2, 0.25) is 0 Å². The Kier molecular flexibility index (Phi) is 7.32.